The first kappa shape index (κ1) is 12.0. The van der Waals surface area contributed by atoms with E-state index >= 15 is 0 Å². The molecule has 0 spiro atoms. The largest absolute Gasteiger partial charge is 0.481 e. The van der Waals surface area contributed by atoms with Gasteiger partial charge in [-0.1, -0.05) is 20.8 Å². The molecule has 0 aliphatic rings. The minimum atomic E-state index is 0.431. The first-order chi connectivity index (χ1) is 7.17. The molecule has 15 heavy (non-hydrogen) atoms. The highest BCUT2D eigenvalue weighted by Crippen LogP contribution is 2.18. The van der Waals surface area contributed by atoms with E-state index in [0.717, 1.165) is 18.8 Å². The van der Waals surface area contributed by atoms with Crippen LogP contribution in [0, 0.1) is 0 Å². The van der Waals surface area contributed by atoms with Gasteiger partial charge in [-0.3, -0.25) is 0 Å². The molecule has 0 atom stereocenters. The maximum absolute atomic E-state index is 5.19. The Morgan fingerprint density at radius 2 is 2.13 bits per heavy atom. The van der Waals surface area contributed by atoms with Crippen LogP contribution >= 0.6 is 0 Å². The van der Waals surface area contributed by atoms with E-state index in [1.807, 2.05) is 6.07 Å². The van der Waals surface area contributed by atoms with Gasteiger partial charge < -0.3 is 10.1 Å². The number of ether oxygens (including phenoxy) is 1. The fourth-order valence-corrected chi connectivity index (χ4v) is 1.35. The molecule has 1 rings (SSSR count). The van der Waals surface area contributed by atoms with Gasteiger partial charge in [0.15, 0.2) is 0 Å². The molecule has 0 aliphatic carbocycles. The number of nitrogens with zero attached hydrogens (tertiary/aromatic N) is 1. The molecule has 3 nitrogen and oxygen atoms in total. The van der Waals surface area contributed by atoms with E-state index in [1.165, 1.54) is 5.56 Å². The lowest BCUT2D eigenvalue weighted by Gasteiger charge is -2.10. The summed E-state index contributed by atoms with van der Waals surface area (Å²) < 4.78 is 5.19. The monoisotopic (exact) mass is 208 g/mol. The van der Waals surface area contributed by atoms with Crippen LogP contribution in [0.25, 0.3) is 0 Å². The van der Waals surface area contributed by atoms with Gasteiger partial charge in [0.05, 0.1) is 7.11 Å². The Balaban J connectivity index is 2.90. The van der Waals surface area contributed by atoms with Crippen molar-refractivity contribution in [2.75, 3.05) is 13.7 Å². The highest BCUT2D eigenvalue weighted by atomic mass is 16.5. The second-order valence-corrected chi connectivity index (χ2v) is 3.88. The van der Waals surface area contributed by atoms with Gasteiger partial charge in [0.1, 0.15) is 0 Å². The van der Waals surface area contributed by atoms with Crippen LogP contribution in [-0.4, -0.2) is 18.6 Å². The van der Waals surface area contributed by atoms with E-state index < -0.39 is 0 Å². The third-order valence-corrected chi connectivity index (χ3v) is 2.26. The van der Waals surface area contributed by atoms with Crippen molar-refractivity contribution >= 4 is 0 Å². The fourth-order valence-electron chi connectivity index (χ4n) is 1.35. The standard InChI is InChI=1S/C12H20N2O/c1-5-13-8-10-6-11(9(2)3)14-12(7-10)15-4/h6-7,9,13H,5,8H2,1-4H3. The SMILES string of the molecule is CCNCc1cc(OC)nc(C(C)C)c1. The molecule has 0 unspecified atom stereocenters. The molecule has 1 heterocycles. The van der Waals surface area contributed by atoms with Crippen molar-refractivity contribution in [3.05, 3.63) is 23.4 Å². The molecule has 0 fully saturated rings. The van der Waals surface area contributed by atoms with Crippen molar-refractivity contribution in [2.24, 2.45) is 0 Å². The maximum atomic E-state index is 5.19. The van der Waals surface area contributed by atoms with E-state index in [1.54, 1.807) is 7.11 Å². The summed E-state index contributed by atoms with van der Waals surface area (Å²) in [5, 5.41) is 3.30. The fraction of sp³-hybridized carbons (Fsp3) is 0.583. The summed E-state index contributed by atoms with van der Waals surface area (Å²) in [7, 11) is 1.66. The third kappa shape index (κ3) is 3.51. The molecule has 0 amide bonds. The molecule has 1 aromatic heterocycles. The Morgan fingerprint density at radius 1 is 1.40 bits per heavy atom. The zero-order chi connectivity index (χ0) is 11.3. The van der Waals surface area contributed by atoms with Crippen LogP contribution in [0.15, 0.2) is 12.1 Å². The number of pyridine rings is 1. The van der Waals surface area contributed by atoms with Crippen molar-refractivity contribution < 1.29 is 4.74 Å². The quantitative estimate of drug-likeness (QED) is 0.806. The smallest absolute Gasteiger partial charge is 0.213 e. The zero-order valence-electron chi connectivity index (χ0n) is 10.0. The second kappa shape index (κ2) is 5.71. The minimum absolute atomic E-state index is 0.431. The van der Waals surface area contributed by atoms with E-state index in [0.29, 0.717) is 11.8 Å². The van der Waals surface area contributed by atoms with Gasteiger partial charge in [-0.05, 0) is 24.1 Å². The van der Waals surface area contributed by atoms with Crippen LogP contribution < -0.4 is 10.1 Å². The summed E-state index contributed by atoms with van der Waals surface area (Å²) in [5.41, 5.74) is 2.31. The van der Waals surface area contributed by atoms with E-state index in [4.69, 9.17) is 4.74 Å². The van der Waals surface area contributed by atoms with Gasteiger partial charge in [0.2, 0.25) is 5.88 Å². The normalized spacial score (nSPS) is 10.7. The summed E-state index contributed by atoms with van der Waals surface area (Å²) in [4.78, 5) is 4.41. The molecular formula is C12H20N2O. The predicted octanol–water partition coefficient (Wildman–Crippen LogP) is 2.32. The molecule has 3 heteroatoms. The van der Waals surface area contributed by atoms with Crippen LogP contribution in [0.3, 0.4) is 0 Å². The highest BCUT2D eigenvalue weighted by molar-refractivity contribution is 5.26. The number of aromatic nitrogens is 1. The van der Waals surface area contributed by atoms with Gasteiger partial charge >= 0.3 is 0 Å². The van der Waals surface area contributed by atoms with Gasteiger partial charge in [0, 0.05) is 18.3 Å². The average Bonchev–Trinajstić information content (AvgIpc) is 2.25. The van der Waals surface area contributed by atoms with Crippen LogP contribution in [0.5, 0.6) is 5.88 Å². The van der Waals surface area contributed by atoms with Crippen LogP contribution in [0.4, 0.5) is 0 Å². The topological polar surface area (TPSA) is 34.1 Å². The van der Waals surface area contributed by atoms with Gasteiger partial charge in [-0.25, -0.2) is 4.98 Å². The number of hydrogen-bond donors (Lipinski definition) is 1. The molecule has 0 aromatic carbocycles. The molecule has 1 N–H and O–H groups in total. The summed E-state index contributed by atoms with van der Waals surface area (Å²) in [5.74, 6) is 1.13. The van der Waals surface area contributed by atoms with Crippen LogP contribution in [0.2, 0.25) is 0 Å². The molecular weight excluding hydrogens is 188 g/mol. The summed E-state index contributed by atoms with van der Waals surface area (Å²) in [6.45, 7) is 8.22. The van der Waals surface area contributed by atoms with Crippen LogP contribution in [0.1, 0.15) is 37.9 Å². The number of nitrogens with one attached hydrogen (secondary N) is 1. The molecule has 84 valence electrons. The number of hydrogen-bond acceptors (Lipinski definition) is 3. The highest BCUT2D eigenvalue weighted by Gasteiger charge is 2.05. The van der Waals surface area contributed by atoms with Crippen LogP contribution in [-0.2, 0) is 6.54 Å². The van der Waals surface area contributed by atoms with Gasteiger partial charge in [-0.15, -0.1) is 0 Å². The van der Waals surface area contributed by atoms with E-state index in [2.05, 4.69) is 37.1 Å². The Kier molecular flexibility index (Phi) is 4.56. The molecule has 1 aromatic rings. The lowest BCUT2D eigenvalue weighted by Crippen LogP contribution is -2.12. The Hall–Kier alpha value is -1.09. The van der Waals surface area contributed by atoms with Crippen molar-refractivity contribution in [3.63, 3.8) is 0 Å². The Morgan fingerprint density at radius 3 is 2.67 bits per heavy atom. The Labute approximate surface area is 91.9 Å². The molecule has 0 bridgehead atoms. The van der Waals surface area contributed by atoms with Crippen molar-refractivity contribution in [2.45, 2.75) is 33.2 Å². The second-order valence-electron chi connectivity index (χ2n) is 3.88. The van der Waals surface area contributed by atoms with E-state index in [9.17, 15) is 0 Å². The Bertz CT molecular complexity index is 310. The third-order valence-electron chi connectivity index (χ3n) is 2.26. The number of rotatable bonds is 5. The zero-order valence-corrected chi connectivity index (χ0v) is 10.0. The average molecular weight is 208 g/mol. The summed E-state index contributed by atoms with van der Waals surface area (Å²) in [6.07, 6.45) is 0. The molecule has 0 radical (unpaired) electrons. The molecule has 0 saturated heterocycles. The van der Waals surface area contributed by atoms with E-state index in [-0.39, 0.29) is 0 Å². The van der Waals surface area contributed by atoms with Crippen molar-refractivity contribution in [1.82, 2.24) is 10.3 Å². The first-order valence-corrected chi connectivity index (χ1v) is 5.43. The van der Waals surface area contributed by atoms with Gasteiger partial charge in [0.25, 0.3) is 0 Å². The lowest BCUT2D eigenvalue weighted by molar-refractivity contribution is 0.394. The molecule has 0 aliphatic heterocycles. The minimum Gasteiger partial charge on any atom is -0.481 e. The first-order valence-electron chi connectivity index (χ1n) is 5.43. The van der Waals surface area contributed by atoms with Crippen molar-refractivity contribution in [3.8, 4) is 5.88 Å². The lowest BCUT2D eigenvalue weighted by atomic mass is 10.1. The van der Waals surface area contributed by atoms with Crippen molar-refractivity contribution in [1.29, 1.82) is 0 Å². The number of methoxy groups -OCH3 is 1. The maximum Gasteiger partial charge on any atom is 0.213 e. The predicted molar refractivity (Wildman–Crippen MR) is 62.3 cm³/mol. The van der Waals surface area contributed by atoms with Gasteiger partial charge in [-0.2, -0.15) is 0 Å². The summed E-state index contributed by atoms with van der Waals surface area (Å²) >= 11 is 0. The molecule has 0 saturated carbocycles. The summed E-state index contributed by atoms with van der Waals surface area (Å²) in [6, 6.07) is 4.12.